The van der Waals surface area contributed by atoms with Gasteiger partial charge in [-0.15, -0.1) is 0 Å². The summed E-state index contributed by atoms with van der Waals surface area (Å²) in [5.74, 6) is 1.68. The van der Waals surface area contributed by atoms with Gasteiger partial charge in [-0.3, -0.25) is 4.98 Å². The van der Waals surface area contributed by atoms with Crippen LogP contribution in [0.4, 0.5) is 0 Å². The Labute approximate surface area is 101 Å². The largest absolute Gasteiger partial charge is 0.466 e. The van der Waals surface area contributed by atoms with Crippen molar-refractivity contribution < 1.29 is 9.52 Å². The molecule has 0 aliphatic heterocycles. The van der Waals surface area contributed by atoms with E-state index in [-0.39, 0.29) is 0 Å². The quantitative estimate of drug-likeness (QED) is 0.883. The van der Waals surface area contributed by atoms with E-state index in [1.54, 1.807) is 12.4 Å². The van der Waals surface area contributed by atoms with Gasteiger partial charge in [0.25, 0.3) is 0 Å². The minimum absolute atomic E-state index is 0.531. The second-order valence-corrected chi connectivity index (χ2v) is 4.33. The second-order valence-electron chi connectivity index (χ2n) is 4.33. The Kier molecular flexibility index (Phi) is 3.29. The highest BCUT2D eigenvalue weighted by Crippen LogP contribution is 2.28. The molecule has 3 nitrogen and oxygen atoms in total. The molecule has 17 heavy (non-hydrogen) atoms. The van der Waals surface area contributed by atoms with E-state index in [4.69, 9.17) is 4.42 Å². The SMILES string of the molecule is Cc1oc(C)c(C(O)Cc2cccnc2)c1C. The summed E-state index contributed by atoms with van der Waals surface area (Å²) in [6.45, 7) is 5.79. The van der Waals surface area contributed by atoms with E-state index in [0.29, 0.717) is 6.42 Å². The standard InChI is InChI=1S/C14H17NO2/c1-9-10(2)17-11(3)14(9)13(16)7-12-5-4-6-15-8-12/h4-6,8,13,16H,7H2,1-3H3. The monoisotopic (exact) mass is 231 g/mol. The summed E-state index contributed by atoms with van der Waals surface area (Å²) in [4.78, 5) is 4.05. The van der Waals surface area contributed by atoms with Crippen LogP contribution in [0.1, 0.15) is 34.3 Å². The molecule has 2 aromatic heterocycles. The van der Waals surface area contributed by atoms with Crippen molar-refractivity contribution in [3.63, 3.8) is 0 Å². The first-order valence-corrected chi connectivity index (χ1v) is 5.73. The lowest BCUT2D eigenvalue weighted by Crippen LogP contribution is -2.04. The Bertz CT molecular complexity index is 502. The number of nitrogens with zero attached hydrogens (tertiary/aromatic N) is 1. The number of pyridine rings is 1. The molecule has 0 amide bonds. The summed E-state index contributed by atoms with van der Waals surface area (Å²) in [6, 6.07) is 3.84. The Morgan fingerprint density at radius 1 is 1.29 bits per heavy atom. The average molecular weight is 231 g/mol. The van der Waals surface area contributed by atoms with Gasteiger partial charge in [-0.1, -0.05) is 6.07 Å². The van der Waals surface area contributed by atoms with Gasteiger partial charge in [0.1, 0.15) is 11.5 Å². The zero-order valence-corrected chi connectivity index (χ0v) is 10.4. The summed E-state index contributed by atoms with van der Waals surface area (Å²) in [6.07, 6.45) is 3.54. The van der Waals surface area contributed by atoms with E-state index < -0.39 is 6.10 Å². The maximum absolute atomic E-state index is 10.3. The summed E-state index contributed by atoms with van der Waals surface area (Å²) in [7, 11) is 0. The summed E-state index contributed by atoms with van der Waals surface area (Å²) < 4.78 is 5.53. The van der Waals surface area contributed by atoms with Crippen molar-refractivity contribution >= 4 is 0 Å². The molecular formula is C14H17NO2. The molecule has 3 heteroatoms. The number of aliphatic hydroxyl groups excluding tert-OH is 1. The molecule has 1 N–H and O–H groups in total. The first kappa shape index (κ1) is 11.9. The molecule has 1 unspecified atom stereocenters. The number of aromatic nitrogens is 1. The molecule has 90 valence electrons. The second kappa shape index (κ2) is 4.72. The van der Waals surface area contributed by atoms with Gasteiger partial charge in [0, 0.05) is 24.4 Å². The Balaban J connectivity index is 2.23. The van der Waals surface area contributed by atoms with Gasteiger partial charge in [-0.2, -0.15) is 0 Å². The fourth-order valence-corrected chi connectivity index (χ4v) is 2.14. The molecule has 0 aliphatic carbocycles. The minimum Gasteiger partial charge on any atom is -0.466 e. The number of furan rings is 1. The molecule has 0 radical (unpaired) electrons. The maximum atomic E-state index is 10.3. The van der Waals surface area contributed by atoms with Crippen LogP contribution in [0.15, 0.2) is 28.9 Å². The zero-order chi connectivity index (χ0) is 12.4. The van der Waals surface area contributed by atoms with Crippen molar-refractivity contribution in [1.29, 1.82) is 0 Å². The van der Waals surface area contributed by atoms with E-state index in [2.05, 4.69) is 4.98 Å². The van der Waals surface area contributed by atoms with E-state index in [0.717, 1.165) is 28.2 Å². The van der Waals surface area contributed by atoms with Crippen LogP contribution in [-0.4, -0.2) is 10.1 Å². The molecule has 0 aromatic carbocycles. The lowest BCUT2D eigenvalue weighted by molar-refractivity contribution is 0.175. The third-order valence-corrected chi connectivity index (χ3v) is 3.10. The first-order chi connectivity index (χ1) is 8.09. The Morgan fingerprint density at radius 3 is 2.59 bits per heavy atom. The molecule has 0 aliphatic rings. The minimum atomic E-state index is -0.531. The molecule has 0 fully saturated rings. The van der Waals surface area contributed by atoms with Crippen molar-refractivity contribution in [3.8, 4) is 0 Å². The van der Waals surface area contributed by atoms with Crippen molar-refractivity contribution in [2.75, 3.05) is 0 Å². The number of hydrogen-bond acceptors (Lipinski definition) is 3. The van der Waals surface area contributed by atoms with Gasteiger partial charge in [0.05, 0.1) is 6.10 Å². The maximum Gasteiger partial charge on any atom is 0.107 e. The van der Waals surface area contributed by atoms with E-state index >= 15 is 0 Å². The third-order valence-electron chi connectivity index (χ3n) is 3.10. The van der Waals surface area contributed by atoms with Crippen LogP contribution in [0.25, 0.3) is 0 Å². The summed E-state index contributed by atoms with van der Waals surface area (Å²) in [5.41, 5.74) is 2.97. The zero-order valence-electron chi connectivity index (χ0n) is 10.4. The molecule has 2 aromatic rings. The number of hydrogen-bond donors (Lipinski definition) is 1. The van der Waals surface area contributed by atoms with Gasteiger partial charge in [-0.25, -0.2) is 0 Å². The normalized spacial score (nSPS) is 12.7. The fourth-order valence-electron chi connectivity index (χ4n) is 2.14. The van der Waals surface area contributed by atoms with Crippen LogP contribution >= 0.6 is 0 Å². The smallest absolute Gasteiger partial charge is 0.107 e. The van der Waals surface area contributed by atoms with Gasteiger partial charge in [0.15, 0.2) is 0 Å². The van der Waals surface area contributed by atoms with Crippen LogP contribution in [0, 0.1) is 20.8 Å². The Hall–Kier alpha value is -1.61. The van der Waals surface area contributed by atoms with Gasteiger partial charge >= 0.3 is 0 Å². The summed E-state index contributed by atoms with van der Waals surface area (Å²) >= 11 is 0. The fraction of sp³-hybridized carbons (Fsp3) is 0.357. The molecule has 0 saturated heterocycles. The third kappa shape index (κ3) is 2.39. The Morgan fingerprint density at radius 2 is 2.06 bits per heavy atom. The number of rotatable bonds is 3. The van der Waals surface area contributed by atoms with E-state index in [1.165, 1.54) is 0 Å². The highest BCUT2D eigenvalue weighted by atomic mass is 16.3. The predicted octanol–water partition coefficient (Wildman–Crippen LogP) is 2.88. The van der Waals surface area contributed by atoms with Crippen LogP contribution in [0.3, 0.4) is 0 Å². The molecule has 0 saturated carbocycles. The molecule has 2 heterocycles. The topological polar surface area (TPSA) is 46.3 Å². The summed E-state index contributed by atoms with van der Waals surface area (Å²) in [5, 5.41) is 10.3. The molecular weight excluding hydrogens is 214 g/mol. The highest BCUT2D eigenvalue weighted by Gasteiger charge is 2.19. The van der Waals surface area contributed by atoms with Crippen molar-refractivity contribution in [2.45, 2.75) is 33.3 Å². The van der Waals surface area contributed by atoms with Gasteiger partial charge in [-0.05, 0) is 38.0 Å². The molecule has 1 atom stereocenters. The van der Waals surface area contributed by atoms with Gasteiger partial charge < -0.3 is 9.52 Å². The molecule has 0 spiro atoms. The van der Waals surface area contributed by atoms with Crippen molar-refractivity contribution in [2.24, 2.45) is 0 Å². The van der Waals surface area contributed by atoms with Crippen LogP contribution < -0.4 is 0 Å². The lowest BCUT2D eigenvalue weighted by atomic mass is 9.99. The van der Waals surface area contributed by atoms with Crippen LogP contribution in [0.2, 0.25) is 0 Å². The number of aryl methyl sites for hydroxylation is 2. The highest BCUT2D eigenvalue weighted by molar-refractivity contribution is 5.34. The predicted molar refractivity (Wildman–Crippen MR) is 65.8 cm³/mol. The van der Waals surface area contributed by atoms with E-state index in [1.807, 2.05) is 32.9 Å². The van der Waals surface area contributed by atoms with Crippen LogP contribution in [-0.2, 0) is 6.42 Å². The average Bonchev–Trinajstić information content (AvgIpc) is 2.54. The van der Waals surface area contributed by atoms with Gasteiger partial charge in [0.2, 0.25) is 0 Å². The molecule has 2 rings (SSSR count). The van der Waals surface area contributed by atoms with Crippen molar-refractivity contribution in [1.82, 2.24) is 4.98 Å². The van der Waals surface area contributed by atoms with Crippen molar-refractivity contribution in [3.05, 3.63) is 52.7 Å². The first-order valence-electron chi connectivity index (χ1n) is 5.73. The van der Waals surface area contributed by atoms with E-state index in [9.17, 15) is 5.11 Å². The number of aliphatic hydroxyl groups is 1. The van der Waals surface area contributed by atoms with Crippen LogP contribution in [0.5, 0.6) is 0 Å². The lowest BCUT2D eigenvalue weighted by Gasteiger charge is -2.10. The molecule has 0 bridgehead atoms.